The van der Waals surface area contributed by atoms with Crippen LogP contribution in [0.2, 0.25) is 0 Å². The van der Waals surface area contributed by atoms with Crippen LogP contribution in [-0.2, 0) is 20.1 Å². The molecular formula is C37H27IrN5-4. The summed E-state index contributed by atoms with van der Waals surface area (Å²) >= 11 is 0. The van der Waals surface area contributed by atoms with E-state index in [1.807, 2.05) is 79.0 Å². The first kappa shape index (κ1) is 28.2. The standard InChI is InChI=1S/C19H14N2.C18H13N3.Ir/c1-3-9-16(10-4-1)20-15-21(17-11-5-2-6-12-17)19-14-8-7-13-18(19)20;1-3-8-15(9-4-1)20-14-21(16-10-5-2-6-11-16)18-17(20)12-7-13-19-18;/h1-11,13-15H;1-10,12-14H;/q2*-2;. The molecule has 213 valence electrons. The van der Waals surface area contributed by atoms with Gasteiger partial charge in [0, 0.05) is 49.1 Å². The minimum Gasteiger partial charge on any atom is -0.493 e. The van der Waals surface area contributed by atoms with Crippen LogP contribution in [0.3, 0.4) is 0 Å². The van der Waals surface area contributed by atoms with E-state index in [4.69, 9.17) is 0 Å². The maximum absolute atomic E-state index is 4.53. The number of nitrogens with zero attached hydrogens (tertiary/aromatic N) is 5. The minimum atomic E-state index is 0. The number of anilines is 8. The van der Waals surface area contributed by atoms with Crippen molar-refractivity contribution in [2.45, 2.75) is 0 Å². The maximum atomic E-state index is 4.53. The van der Waals surface area contributed by atoms with Crippen molar-refractivity contribution in [3.63, 3.8) is 0 Å². The number of rotatable bonds is 4. The predicted molar refractivity (Wildman–Crippen MR) is 171 cm³/mol. The molecule has 0 fully saturated rings. The summed E-state index contributed by atoms with van der Waals surface area (Å²) in [5, 5.41) is 0. The Balaban J connectivity index is 0.000000150. The second-order valence-corrected chi connectivity index (χ2v) is 9.71. The summed E-state index contributed by atoms with van der Waals surface area (Å²) in [5.74, 6) is 0.920. The normalized spacial score (nSPS) is 13.0. The van der Waals surface area contributed by atoms with Gasteiger partial charge < -0.3 is 19.6 Å². The topological polar surface area (TPSA) is 25.9 Å². The molecule has 0 amide bonds. The van der Waals surface area contributed by atoms with Crippen LogP contribution in [0.1, 0.15) is 0 Å². The Morgan fingerprint density at radius 3 is 1.49 bits per heavy atom. The Morgan fingerprint density at radius 2 is 0.907 bits per heavy atom. The molecule has 2 aliphatic heterocycles. The van der Waals surface area contributed by atoms with Crippen molar-refractivity contribution in [2.24, 2.45) is 0 Å². The summed E-state index contributed by atoms with van der Waals surface area (Å²) in [7, 11) is 0. The molecule has 5 nitrogen and oxygen atoms in total. The Hall–Kier alpha value is -4.90. The third-order valence-electron chi connectivity index (χ3n) is 7.09. The minimum absolute atomic E-state index is 0. The first-order valence-corrected chi connectivity index (χ1v) is 13.8. The summed E-state index contributed by atoms with van der Waals surface area (Å²) in [4.78, 5) is 13.1. The van der Waals surface area contributed by atoms with Gasteiger partial charge in [0.25, 0.3) is 0 Å². The average molecular weight is 734 g/mol. The average Bonchev–Trinajstić information content (AvgIpc) is 3.67. The molecule has 0 N–H and O–H groups in total. The van der Waals surface area contributed by atoms with Crippen LogP contribution in [0.15, 0.2) is 152 Å². The van der Waals surface area contributed by atoms with Crippen LogP contribution in [0.25, 0.3) is 0 Å². The molecule has 43 heavy (non-hydrogen) atoms. The molecular weight excluding hydrogens is 707 g/mol. The summed E-state index contributed by atoms with van der Waals surface area (Å²) in [6.45, 7) is 4.17. The van der Waals surface area contributed by atoms with Crippen molar-refractivity contribution in [3.05, 3.63) is 177 Å². The van der Waals surface area contributed by atoms with Gasteiger partial charge in [-0.15, -0.1) is 24.7 Å². The van der Waals surface area contributed by atoms with Crippen molar-refractivity contribution in [1.82, 2.24) is 4.98 Å². The van der Waals surface area contributed by atoms with Crippen LogP contribution < -0.4 is 19.6 Å². The van der Waals surface area contributed by atoms with Crippen LogP contribution in [0.4, 0.5) is 45.6 Å². The maximum Gasteiger partial charge on any atom is 0.124 e. The summed E-state index contributed by atoms with van der Waals surface area (Å²) < 4.78 is 0. The fraction of sp³-hybridized carbons (Fsp3) is 0. The summed E-state index contributed by atoms with van der Waals surface area (Å²) in [5.41, 5.74) is 7.72. The second kappa shape index (κ2) is 13.0. The fourth-order valence-corrected chi connectivity index (χ4v) is 5.13. The second-order valence-electron chi connectivity index (χ2n) is 9.71. The summed E-state index contributed by atoms with van der Waals surface area (Å²) in [6.07, 6.45) is 1.82. The van der Waals surface area contributed by atoms with E-state index in [1.165, 1.54) is 11.4 Å². The third-order valence-corrected chi connectivity index (χ3v) is 7.09. The molecule has 6 aromatic rings. The van der Waals surface area contributed by atoms with E-state index in [9.17, 15) is 0 Å². The van der Waals surface area contributed by atoms with Gasteiger partial charge in [0.2, 0.25) is 0 Å². The molecule has 0 atom stereocenters. The van der Waals surface area contributed by atoms with Crippen molar-refractivity contribution < 1.29 is 20.1 Å². The largest absolute Gasteiger partial charge is 0.493 e. The number of fused-ring (bicyclic) bond motifs is 2. The van der Waals surface area contributed by atoms with Gasteiger partial charge in [-0.25, -0.2) is 4.98 Å². The number of benzene rings is 5. The monoisotopic (exact) mass is 734 g/mol. The molecule has 1 radical (unpaired) electrons. The van der Waals surface area contributed by atoms with Gasteiger partial charge >= 0.3 is 0 Å². The van der Waals surface area contributed by atoms with E-state index in [2.05, 4.69) is 123 Å². The van der Waals surface area contributed by atoms with Gasteiger partial charge in [-0.1, -0.05) is 48.5 Å². The van der Waals surface area contributed by atoms with E-state index in [1.54, 1.807) is 0 Å². The van der Waals surface area contributed by atoms with Crippen LogP contribution in [0.5, 0.6) is 0 Å². The van der Waals surface area contributed by atoms with E-state index in [0.29, 0.717) is 0 Å². The third kappa shape index (κ3) is 5.76. The quantitative estimate of drug-likeness (QED) is 0.169. The number of hydrogen-bond acceptors (Lipinski definition) is 5. The van der Waals surface area contributed by atoms with Crippen LogP contribution in [0, 0.1) is 25.5 Å². The van der Waals surface area contributed by atoms with Gasteiger partial charge in [-0.05, 0) is 48.5 Å². The predicted octanol–water partition coefficient (Wildman–Crippen LogP) is 9.18. The van der Waals surface area contributed by atoms with Gasteiger partial charge in [0.15, 0.2) is 0 Å². The van der Waals surface area contributed by atoms with E-state index in [0.717, 1.165) is 34.3 Å². The molecule has 0 spiro atoms. The van der Waals surface area contributed by atoms with E-state index < -0.39 is 0 Å². The number of hydrogen-bond donors (Lipinski definition) is 0. The zero-order chi connectivity index (χ0) is 28.1. The van der Waals surface area contributed by atoms with Crippen molar-refractivity contribution in [2.75, 3.05) is 19.6 Å². The Labute approximate surface area is 266 Å². The first-order chi connectivity index (χ1) is 20.9. The van der Waals surface area contributed by atoms with Gasteiger partial charge in [0.05, 0.1) is 5.69 Å². The molecule has 0 saturated heterocycles. The Bertz CT molecular complexity index is 1490. The Morgan fingerprint density at radius 1 is 0.442 bits per heavy atom. The van der Waals surface area contributed by atoms with E-state index in [-0.39, 0.29) is 20.1 Å². The van der Waals surface area contributed by atoms with Crippen molar-refractivity contribution in [1.29, 1.82) is 0 Å². The van der Waals surface area contributed by atoms with Gasteiger partial charge in [0.1, 0.15) is 5.82 Å². The molecule has 1 aromatic heterocycles. The zero-order valence-corrected chi connectivity index (χ0v) is 25.6. The van der Waals surface area contributed by atoms with Crippen molar-refractivity contribution >= 4 is 45.6 Å². The molecule has 6 heteroatoms. The van der Waals surface area contributed by atoms with Crippen LogP contribution >= 0.6 is 0 Å². The molecule has 0 bridgehead atoms. The molecule has 0 saturated carbocycles. The molecule has 0 unspecified atom stereocenters. The number of pyridine rings is 1. The first-order valence-electron chi connectivity index (χ1n) is 13.8. The fourth-order valence-electron chi connectivity index (χ4n) is 5.13. The smallest absolute Gasteiger partial charge is 0.124 e. The molecule has 2 aliphatic rings. The van der Waals surface area contributed by atoms with Gasteiger partial charge in [-0.2, -0.15) is 60.7 Å². The Kier molecular flexibility index (Phi) is 8.50. The van der Waals surface area contributed by atoms with Crippen LogP contribution in [-0.4, -0.2) is 4.98 Å². The summed E-state index contributed by atoms with van der Waals surface area (Å²) in [6, 6.07) is 55.6. The molecule has 8 rings (SSSR count). The zero-order valence-electron chi connectivity index (χ0n) is 23.2. The molecule has 3 heterocycles. The van der Waals surface area contributed by atoms with E-state index >= 15 is 0 Å². The SMILES string of the molecule is [Ir].[c-]1ccccc1N1[CH-]N(c2ccccc2)c2ccccc21.[c-]1ccccc1N1[CH-]N(c2ccccc2)c2cccnc21. The molecule has 0 aliphatic carbocycles. The van der Waals surface area contributed by atoms with Crippen molar-refractivity contribution in [3.8, 4) is 0 Å². The van der Waals surface area contributed by atoms with Gasteiger partial charge in [-0.3, -0.25) is 0 Å². The number of aromatic nitrogens is 1. The number of para-hydroxylation sites is 6. The molecule has 5 aromatic carbocycles.